The van der Waals surface area contributed by atoms with Gasteiger partial charge in [0, 0.05) is 13.6 Å². The molecule has 0 spiro atoms. The maximum Gasteiger partial charge on any atom is 0.350 e. The van der Waals surface area contributed by atoms with Crippen LogP contribution in [0.4, 0.5) is 5.69 Å². The molecule has 0 radical (unpaired) electrons. The van der Waals surface area contributed by atoms with E-state index in [0.29, 0.717) is 28.8 Å². The first-order valence-electron chi connectivity index (χ1n) is 7.95. The van der Waals surface area contributed by atoms with Gasteiger partial charge in [0.15, 0.2) is 0 Å². The van der Waals surface area contributed by atoms with Gasteiger partial charge >= 0.3 is 5.69 Å². The summed E-state index contributed by atoms with van der Waals surface area (Å²) in [4.78, 5) is 29.5. The Morgan fingerprint density at radius 3 is 2.58 bits per heavy atom. The lowest BCUT2D eigenvalue weighted by Gasteiger charge is -2.21. The summed E-state index contributed by atoms with van der Waals surface area (Å²) in [5, 5.41) is 8.96. The number of hydrogen-bond donors (Lipinski definition) is 1. The molecule has 8 nitrogen and oxygen atoms in total. The number of hydrogen-bond acceptors (Lipinski definition) is 5. The molecule has 26 heavy (non-hydrogen) atoms. The molecule has 10 heteroatoms. The van der Waals surface area contributed by atoms with Crippen molar-refractivity contribution in [3.63, 3.8) is 0 Å². The summed E-state index contributed by atoms with van der Waals surface area (Å²) in [5.74, 6) is 0.284. The van der Waals surface area contributed by atoms with Crippen LogP contribution in [-0.4, -0.2) is 45.5 Å². The van der Waals surface area contributed by atoms with Crippen LogP contribution in [0.3, 0.4) is 0 Å². The zero-order valence-corrected chi connectivity index (χ0v) is 16.7. The van der Waals surface area contributed by atoms with Crippen molar-refractivity contribution in [1.82, 2.24) is 19.4 Å². The predicted octanol–water partition coefficient (Wildman–Crippen LogP) is 2.49. The number of aromatic nitrogens is 3. The van der Waals surface area contributed by atoms with E-state index in [-0.39, 0.29) is 16.6 Å². The molecule has 1 aromatic carbocycles. The van der Waals surface area contributed by atoms with E-state index in [9.17, 15) is 9.59 Å². The van der Waals surface area contributed by atoms with E-state index in [0.717, 1.165) is 5.06 Å². The van der Waals surface area contributed by atoms with Crippen molar-refractivity contribution >= 4 is 34.8 Å². The van der Waals surface area contributed by atoms with Crippen molar-refractivity contribution in [2.24, 2.45) is 0 Å². The second kappa shape index (κ2) is 8.11. The first kappa shape index (κ1) is 20.3. The molecule has 1 atom stereocenters. The highest BCUT2D eigenvalue weighted by Crippen LogP contribution is 2.31. The van der Waals surface area contributed by atoms with Crippen molar-refractivity contribution < 1.29 is 9.63 Å². The topological polar surface area (TPSA) is 81.4 Å². The van der Waals surface area contributed by atoms with Gasteiger partial charge in [-0.25, -0.2) is 9.86 Å². The number of hydroxylamine groups is 2. The third kappa shape index (κ3) is 3.87. The highest BCUT2D eigenvalue weighted by Gasteiger charge is 2.20. The summed E-state index contributed by atoms with van der Waals surface area (Å²) < 4.78 is 2.74. The fraction of sp³-hybridized carbons (Fsp3) is 0.438. The molecular weight excluding hydrogens is 381 g/mol. The molecule has 1 unspecified atom stereocenters. The molecule has 1 heterocycles. The SMILES string of the molecule is CCn1c(C)nn(-c2cc(NC(C)C(=O)N(C)OC)c(Cl)cc2Cl)c1=O. The van der Waals surface area contributed by atoms with Gasteiger partial charge in [0.25, 0.3) is 5.91 Å². The number of rotatable bonds is 6. The van der Waals surface area contributed by atoms with E-state index in [4.69, 9.17) is 28.0 Å². The summed E-state index contributed by atoms with van der Waals surface area (Å²) in [5.41, 5.74) is 0.522. The van der Waals surface area contributed by atoms with Crippen LogP contribution in [0.5, 0.6) is 0 Å². The molecule has 1 aromatic heterocycles. The minimum Gasteiger partial charge on any atom is -0.373 e. The molecule has 0 aliphatic rings. The number of likely N-dealkylation sites (N-methyl/N-ethyl adjacent to an activating group) is 1. The lowest BCUT2D eigenvalue weighted by Crippen LogP contribution is -2.38. The number of carbonyl (C=O) groups excluding carboxylic acids is 1. The van der Waals surface area contributed by atoms with Gasteiger partial charge in [-0.1, -0.05) is 23.2 Å². The maximum absolute atomic E-state index is 12.5. The van der Waals surface area contributed by atoms with Crippen LogP contribution in [0.25, 0.3) is 5.69 Å². The Kier molecular flexibility index (Phi) is 6.33. The Hall–Kier alpha value is -2.03. The number of nitrogens with zero attached hydrogens (tertiary/aromatic N) is 4. The van der Waals surface area contributed by atoms with E-state index in [1.54, 1.807) is 19.9 Å². The number of benzene rings is 1. The largest absolute Gasteiger partial charge is 0.373 e. The number of carbonyl (C=O) groups is 1. The quantitative estimate of drug-likeness (QED) is 0.751. The van der Waals surface area contributed by atoms with Crippen molar-refractivity contribution in [2.75, 3.05) is 19.5 Å². The Bertz CT molecular complexity index is 878. The van der Waals surface area contributed by atoms with Gasteiger partial charge in [0.1, 0.15) is 11.9 Å². The van der Waals surface area contributed by atoms with Crippen LogP contribution < -0.4 is 11.0 Å². The molecule has 142 valence electrons. The molecule has 0 aliphatic heterocycles. The molecule has 1 amide bonds. The highest BCUT2D eigenvalue weighted by atomic mass is 35.5. The van der Waals surface area contributed by atoms with Crippen molar-refractivity contribution in [1.29, 1.82) is 0 Å². The molecule has 2 rings (SSSR count). The van der Waals surface area contributed by atoms with Crippen LogP contribution in [0.1, 0.15) is 19.7 Å². The number of aryl methyl sites for hydroxylation is 1. The lowest BCUT2D eigenvalue weighted by molar-refractivity contribution is -0.169. The van der Waals surface area contributed by atoms with Gasteiger partial charge in [0.2, 0.25) is 0 Å². The zero-order valence-electron chi connectivity index (χ0n) is 15.2. The normalized spacial score (nSPS) is 12.1. The number of amides is 1. The Morgan fingerprint density at radius 1 is 1.38 bits per heavy atom. The van der Waals surface area contributed by atoms with E-state index < -0.39 is 6.04 Å². The summed E-state index contributed by atoms with van der Waals surface area (Å²) in [6.07, 6.45) is 0. The molecule has 0 fully saturated rings. The van der Waals surface area contributed by atoms with Crippen molar-refractivity contribution in [3.05, 3.63) is 38.5 Å². The predicted molar refractivity (Wildman–Crippen MR) is 101 cm³/mol. The fourth-order valence-electron chi connectivity index (χ4n) is 2.48. The van der Waals surface area contributed by atoms with Gasteiger partial charge in [-0.3, -0.25) is 14.2 Å². The van der Waals surface area contributed by atoms with Gasteiger partial charge in [-0.05, 0) is 32.9 Å². The van der Waals surface area contributed by atoms with Gasteiger partial charge < -0.3 is 5.32 Å². The molecule has 1 N–H and O–H groups in total. The Morgan fingerprint density at radius 2 is 2.04 bits per heavy atom. The molecule has 2 aromatic rings. The zero-order chi connectivity index (χ0) is 19.6. The van der Waals surface area contributed by atoms with E-state index in [1.165, 1.54) is 29.5 Å². The highest BCUT2D eigenvalue weighted by molar-refractivity contribution is 6.37. The minimum absolute atomic E-state index is 0.274. The van der Waals surface area contributed by atoms with Crippen LogP contribution in [0.15, 0.2) is 16.9 Å². The molecule has 0 saturated heterocycles. The van der Waals surface area contributed by atoms with Gasteiger partial charge in [0.05, 0.1) is 28.5 Å². The summed E-state index contributed by atoms with van der Waals surface area (Å²) in [7, 11) is 2.91. The van der Waals surface area contributed by atoms with Crippen LogP contribution in [0, 0.1) is 6.92 Å². The first-order chi connectivity index (χ1) is 12.2. The smallest absolute Gasteiger partial charge is 0.350 e. The van der Waals surface area contributed by atoms with Gasteiger partial charge in [-0.15, -0.1) is 0 Å². The lowest BCUT2D eigenvalue weighted by atomic mass is 10.2. The average Bonchev–Trinajstić information content (AvgIpc) is 2.89. The van der Waals surface area contributed by atoms with Crippen LogP contribution >= 0.6 is 23.2 Å². The standard InChI is InChI=1S/C16H21Cl2N5O3/c1-6-22-10(3)20-23(16(22)25)14-8-13(11(17)7-12(14)18)19-9(2)15(24)21(4)26-5/h7-9,19H,6H2,1-5H3. The van der Waals surface area contributed by atoms with E-state index in [2.05, 4.69) is 10.4 Å². The van der Waals surface area contributed by atoms with Gasteiger partial charge in [-0.2, -0.15) is 9.78 Å². The molecule has 0 bridgehead atoms. The molecular formula is C16H21Cl2N5O3. The Balaban J connectivity index is 2.44. The summed E-state index contributed by atoms with van der Waals surface area (Å²) in [6.45, 7) is 5.77. The molecule has 0 saturated carbocycles. The van der Waals surface area contributed by atoms with Crippen LogP contribution in [-0.2, 0) is 16.2 Å². The number of anilines is 1. The van der Waals surface area contributed by atoms with E-state index in [1.807, 2.05) is 6.92 Å². The van der Waals surface area contributed by atoms with Crippen molar-refractivity contribution in [3.8, 4) is 5.69 Å². The van der Waals surface area contributed by atoms with Crippen molar-refractivity contribution in [2.45, 2.75) is 33.4 Å². The number of halogens is 2. The third-order valence-electron chi connectivity index (χ3n) is 3.96. The second-order valence-corrected chi connectivity index (χ2v) is 6.47. The Labute approximate surface area is 161 Å². The monoisotopic (exact) mass is 401 g/mol. The maximum atomic E-state index is 12.5. The molecule has 0 aliphatic carbocycles. The third-order valence-corrected chi connectivity index (χ3v) is 4.57. The fourth-order valence-corrected chi connectivity index (χ4v) is 3.00. The second-order valence-electron chi connectivity index (χ2n) is 5.65. The average molecular weight is 402 g/mol. The first-order valence-corrected chi connectivity index (χ1v) is 8.70. The van der Waals surface area contributed by atoms with E-state index >= 15 is 0 Å². The summed E-state index contributed by atoms with van der Waals surface area (Å²) in [6, 6.07) is 2.48. The van der Waals surface area contributed by atoms with Crippen LogP contribution in [0.2, 0.25) is 10.0 Å². The minimum atomic E-state index is -0.613. The summed E-state index contributed by atoms with van der Waals surface area (Å²) >= 11 is 12.5. The number of nitrogens with one attached hydrogen (secondary N) is 1.